The molecule has 1 N–H and O–H groups in total. The number of carbonyl (C=O) groups excluding carboxylic acids is 2. The van der Waals surface area contributed by atoms with E-state index in [9.17, 15) is 14.4 Å². The number of anilines is 1. The third-order valence-corrected chi connectivity index (χ3v) is 3.65. The molecule has 0 fully saturated rings. The molecule has 0 atom stereocenters. The van der Waals surface area contributed by atoms with E-state index in [4.69, 9.17) is 4.42 Å². The van der Waals surface area contributed by atoms with Crippen molar-refractivity contribution in [1.82, 2.24) is 0 Å². The summed E-state index contributed by atoms with van der Waals surface area (Å²) >= 11 is 0. The summed E-state index contributed by atoms with van der Waals surface area (Å²) in [5.74, 6) is -1.18. The maximum Gasteiger partial charge on any atom is 0.374 e. The lowest BCUT2D eigenvalue weighted by atomic mass is 10.1. The zero-order valence-electron chi connectivity index (χ0n) is 13.7. The minimum Gasteiger partial charge on any atom is -0.463 e. The van der Waals surface area contributed by atoms with Gasteiger partial charge in [0.2, 0.25) is 5.76 Å². The minimum absolute atomic E-state index is 0.170. The quantitative estimate of drug-likeness (QED) is 0.742. The van der Waals surface area contributed by atoms with Gasteiger partial charge in [0, 0.05) is 17.3 Å². The SMILES string of the molecule is COC(=O)c1cc(=O)c2cc(NC(=O)c3cccc(C)c3)ccc2o1. The number of aryl methyl sites for hydroxylation is 1. The lowest BCUT2D eigenvalue weighted by Crippen LogP contribution is -2.13. The van der Waals surface area contributed by atoms with Crippen LogP contribution in [0.3, 0.4) is 0 Å². The van der Waals surface area contributed by atoms with Gasteiger partial charge in [-0.2, -0.15) is 0 Å². The molecule has 0 radical (unpaired) electrons. The van der Waals surface area contributed by atoms with Gasteiger partial charge in [0.1, 0.15) is 5.58 Å². The van der Waals surface area contributed by atoms with Gasteiger partial charge in [-0.05, 0) is 37.3 Å². The molecule has 6 heteroatoms. The van der Waals surface area contributed by atoms with Crippen molar-refractivity contribution >= 4 is 28.5 Å². The third kappa shape index (κ3) is 3.42. The molecule has 1 amide bonds. The topological polar surface area (TPSA) is 85.6 Å². The summed E-state index contributed by atoms with van der Waals surface area (Å²) in [5, 5.41) is 3.00. The van der Waals surface area contributed by atoms with Crippen LogP contribution in [0.15, 0.2) is 57.7 Å². The zero-order valence-corrected chi connectivity index (χ0v) is 13.7. The molecule has 0 aliphatic rings. The van der Waals surface area contributed by atoms with Gasteiger partial charge in [-0.1, -0.05) is 17.7 Å². The summed E-state index contributed by atoms with van der Waals surface area (Å²) < 4.78 is 9.91. The highest BCUT2D eigenvalue weighted by Gasteiger charge is 2.13. The lowest BCUT2D eigenvalue weighted by Gasteiger charge is -2.07. The molecule has 6 nitrogen and oxygen atoms in total. The summed E-state index contributed by atoms with van der Waals surface area (Å²) in [6, 6.07) is 12.9. The lowest BCUT2D eigenvalue weighted by molar-refractivity contribution is 0.0565. The van der Waals surface area contributed by atoms with Crippen LogP contribution < -0.4 is 10.7 Å². The Balaban J connectivity index is 1.94. The molecule has 3 aromatic rings. The molecule has 0 bridgehead atoms. The number of hydrogen-bond acceptors (Lipinski definition) is 5. The van der Waals surface area contributed by atoms with E-state index in [0.717, 1.165) is 11.6 Å². The Kier molecular flexibility index (Phi) is 4.35. The van der Waals surface area contributed by atoms with Gasteiger partial charge in [-0.25, -0.2) is 4.79 Å². The van der Waals surface area contributed by atoms with Crippen molar-refractivity contribution in [2.75, 3.05) is 12.4 Å². The van der Waals surface area contributed by atoms with Crippen LogP contribution in [0.25, 0.3) is 11.0 Å². The van der Waals surface area contributed by atoms with Gasteiger partial charge in [0.25, 0.3) is 5.91 Å². The van der Waals surface area contributed by atoms with Crippen LogP contribution in [-0.4, -0.2) is 19.0 Å². The molecule has 3 rings (SSSR count). The first-order valence-electron chi connectivity index (χ1n) is 7.52. The van der Waals surface area contributed by atoms with E-state index in [0.29, 0.717) is 11.3 Å². The Bertz CT molecular complexity index is 1040. The van der Waals surface area contributed by atoms with E-state index in [-0.39, 0.29) is 22.6 Å². The smallest absolute Gasteiger partial charge is 0.374 e. The van der Waals surface area contributed by atoms with Crippen LogP contribution in [0.2, 0.25) is 0 Å². The fourth-order valence-corrected chi connectivity index (χ4v) is 2.42. The number of esters is 1. The monoisotopic (exact) mass is 337 g/mol. The summed E-state index contributed by atoms with van der Waals surface area (Å²) in [4.78, 5) is 36.0. The molecular formula is C19H15NO5. The van der Waals surface area contributed by atoms with Gasteiger partial charge in [-0.15, -0.1) is 0 Å². The molecule has 1 heterocycles. The van der Waals surface area contributed by atoms with E-state index >= 15 is 0 Å². The normalized spacial score (nSPS) is 10.5. The van der Waals surface area contributed by atoms with Crippen molar-refractivity contribution < 1.29 is 18.7 Å². The Morgan fingerprint density at radius 2 is 1.88 bits per heavy atom. The maximum atomic E-state index is 12.3. The van der Waals surface area contributed by atoms with Crippen LogP contribution in [-0.2, 0) is 4.74 Å². The maximum absolute atomic E-state index is 12.3. The van der Waals surface area contributed by atoms with Gasteiger partial charge in [-0.3, -0.25) is 9.59 Å². The van der Waals surface area contributed by atoms with Crippen LogP contribution in [0, 0.1) is 6.92 Å². The Labute approximate surface area is 143 Å². The molecule has 0 spiro atoms. The molecule has 2 aromatic carbocycles. The highest BCUT2D eigenvalue weighted by molar-refractivity contribution is 6.05. The van der Waals surface area contributed by atoms with Crippen molar-refractivity contribution in [2.45, 2.75) is 6.92 Å². The number of ether oxygens (including phenoxy) is 1. The van der Waals surface area contributed by atoms with Gasteiger partial charge in [0.05, 0.1) is 12.5 Å². The molecule has 25 heavy (non-hydrogen) atoms. The van der Waals surface area contributed by atoms with E-state index in [2.05, 4.69) is 10.1 Å². The summed E-state index contributed by atoms with van der Waals surface area (Å²) in [7, 11) is 1.20. The number of hydrogen-bond donors (Lipinski definition) is 1. The molecule has 0 aliphatic carbocycles. The second-order valence-electron chi connectivity index (χ2n) is 5.50. The molecule has 126 valence electrons. The van der Waals surface area contributed by atoms with Gasteiger partial charge < -0.3 is 14.5 Å². The summed E-state index contributed by atoms with van der Waals surface area (Å²) in [6.45, 7) is 1.90. The van der Waals surface area contributed by atoms with Crippen LogP contribution in [0.5, 0.6) is 0 Å². The number of methoxy groups -OCH3 is 1. The first-order chi connectivity index (χ1) is 12.0. The molecular weight excluding hydrogens is 322 g/mol. The van der Waals surface area contributed by atoms with Crippen molar-refractivity contribution in [3.63, 3.8) is 0 Å². The molecule has 1 aromatic heterocycles. The third-order valence-electron chi connectivity index (χ3n) is 3.65. The summed E-state index contributed by atoms with van der Waals surface area (Å²) in [5.41, 5.74) is 1.79. The average Bonchev–Trinajstić information content (AvgIpc) is 2.61. The van der Waals surface area contributed by atoms with E-state index in [1.54, 1.807) is 24.3 Å². The predicted octanol–water partition coefficient (Wildman–Crippen LogP) is 3.14. The summed E-state index contributed by atoms with van der Waals surface area (Å²) in [6.07, 6.45) is 0. The molecule has 0 saturated heterocycles. The average molecular weight is 337 g/mol. The standard InChI is InChI=1S/C19H15NO5/c1-11-4-3-5-12(8-11)18(22)20-13-6-7-16-14(9-13)15(21)10-17(25-16)19(23)24-2/h3-10H,1-2H3,(H,20,22). The van der Waals surface area contributed by atoms with Crippen molar-refractivity contribution in [1.29, 1.82) is 0 Å². The predicted molar refractivity (Wildman–Crippen MR) is 93.0 cm³/mol. The molecule has 0 saturated carbocycles. The minimum atomic E-state index is -0.726. The first-order valence-corrected chi connectivity index (χ1v) is 7.52. The second kappa shape index (κ2) is 6.60. The number of amides is 1. The number of rotatable bonds is 3. The molecule has 0 unspecified atom stereocenters. The van der Waals surface area contributed by atoms with Crippen molar-refractivity contribution in [3.05, 3.63) is 75.6 Å². The van der Waals surface area contributed by atoms with Crippen LogP contribution in [0.1, 0.15) is 26.5 Å². The van der Waals surface area contributed by atoms with E-state index in [1.165, 1.54) is 19.2 Å². The highest BCUT2D eigenvalue weighted by Crippen LogP contribution is 2.19. The Morgan fingerprint density at radius 1 is 1.08 bits per heavy atom. The number of fused-ring (bicyclic) bond motifs is 1. The van der Waals surface area contributed by atoms with Crippen molar-refractivity contribution in [2.24, 2.45) is 0 Å². The van der Waals surface area contributed by atoms with Crippen LogP contribution in [0.4, 0.5) is 5.69 Å². The van der Waals surface area contributed by atoms with E-state index in [1.807, 2.05) is 13.0 Å². The Hall–Kier alpha value is -3.41. The Morgan fingerprint density at radius 3 is 2.60 bits per heavy atom. The first kappa shape index (κ1) is 16.4. The van der Waals surface area contributed by atoms with Gasteiger partial charge >= 0.3 is 5.97 Å². The number of benzene rings is 2. The van der Waals surface area contributed by atoms with E-state index < -0.39 is 11.4 Å². The highest BCUT2D eigenvalue weighted by atomic mass is 16.5. The number of nitrogens with one attached hydrogen (secondary N) is 1. The second-order valence-corrected chi connectivity index (χ2v) is 5.50. The molecule has 0 aliphatic heterocycles. The van der Waals surface area contributed by atoms with Crippen LogP contribution >= 0.6 is 0 Å². The fourth-order valence-electron chi connectivity index (χ4n) is 2.42. The van der Waals surface area contributed by atoms with Crippen molar-refractivity contribution in [3.8, 4) is 0 Å². The fraction of sp³-hybridized carbons (Fsp3) is 0.105. The van der Waals surface area contributed by atoms with Gasteiger partial charge in [0.15, 0.2) is 5.43 Å². The zero-order chi connectivity index (χ0) is 18.0. The number of carbonyl (C=O) groups is 2. The largest absolute Gasteiger partial charge is 0.463 e.